The first kappa shape index (κ1) is 17.2. The zero-order valence-corrected chi connectivity index (χ0v) is 14.6. The van der Waals surface area contributed by atoms with Crippen molar-refractivity contribution in [2.45, 2.75) is 12.3 Å². The molecule has 27 heavy (non-hydrogen) atoms. The van der Waals surface area contributed by atoms with E-state index >= 15 is 0 Å². The molecule has 1 saturated heterocycles. The van der Waals surface area contributed by atoms with Crippen LogP contribution in [0.2, 0.25) is 0 Å². The number of nitrogens with zero attached hydrogens (tertiary/aromatic N) is 3. The molecular formula is C18H20N6O3. The number of hydrogen-bond donors (Lipinski definition) is 3. The van der Waals surface area contributed by atoms with Crippen molar-refractivity contribution in [3.05, 3.63) is 35.9 Å². The Kier molecular flexibility index (Phi) is 4.59. The normalized spacial score (nSPS) is 19.2. The molecule has 4 rings (SSSR count). The van der Waals surface area contributed by atoms with Crippen molar-refractivity contribution in [1.29, 1.82) is 0 Å². The molecule has 2 amide bonds. The third-order valence-corrected chi connectivity index (χ3v) is 4.61. The third-order valence-electron chi connectivity index (χ3n) is 4.61. The maximum atomic E-state index is 12.8. The fourth-order valence-corrected chi connectivity index (χ4v) is 3.26. The number of rotatable bonds is 3. The quantitative estimate of drug-likeness (QED) is 0.737. The Morgan fingerprint density at radius 2 is 1.96 bits per heavy atom. The summed E-state index contributed by atoms with van der Waals surface area (Å²) in [7, 11) is 0. The molecule has 0 spiro atoms. The minimum atomic E-state index is -0.743. The van der Waals surface area contributed by atoms with E-state index in [9.17, 15) is 9.59 Å². The van der Waals surface area contributed by atoms with E-state index in [1.165, 1.54) is 0 Å². The van der Waals surface area contributed by atoms with Crippen LogP contribution in [0.15, 0.2) is 30.3 Å². The zero-order valence-electron chi connectivity index (χ0n) is 14.6. The average molecular weight is 368 g/mol. The Labute approximate surface area is 155 Å². The van der Waals surface area contributed by atoms with Gasteiger partial charge in [-0.05, 0) is 12.1 Å². The van der Waals surface area contributed by atoms with E-state index in [0.29, 0.717) is 49.3 Å². The Morgan fingerprint density at radius 3 is 2.70 bits per heavy atom. The van der Waals surface area contributed by atoms with E-state index in [4.69, 9.17) is 10.5 Å². The maximum absolute atomic E-state index is 12.8. The summed E-state index contributed by atoms with van der Waals surface area (Å²) in [5.41, 5.74) is 7.29. The number of carbonyl (C=O) groups is 2. The van der Waals surface area contributed by atoms with Crippen LogP contribution in [0.25, 0.3) is 0 Å². The molecule has 4 N–H and O–H groups in total. The molecule has 0 bridgehead atoms. The van der Waals surface area contributed by atoms with Gasteiger partial charge >= 0.3 is 0 Å². The molecule has 1 atom stereocenters. The minimum Gasteiger partial charge on any atom is -0.383 e. The topological polar surface area (TPSA) is 122 Å². The van der Waals surface area contributed by atoms with Crippen LogP contribution in [0.4, 0.5) is 23.3 Å². The Hall–Kier alpha value is -3.20. The van der Waals surface area contributed by atoms with Crippen molar-refractivity contribution in [3.8, 4) is 0 Å². The number of benzene rings is 1. The maximum Gasteiger partial charge on any atom is 0.232 e. The Morgan fingerprint density at radius 1 is 1.22 bits per heavy atom. The number of carbonyl (C=O) groups excluding carboxylic acids is 2. The molecule has 2 aliphatic heterocycles. The van der Waals surface area contributed by atoms with Gasteiger partial charge in [-0.3, -0.25) is 9.59 Å². The van der Waals surface area contributed by atoms with Gasteiger partial charge in [0.15, 0.2) is 0 Å². The molecule has 0 saturated carbocycles. The number of hydrogen-bond acceptors (Lipinski definition) is 7. The van der Waals surface area contributed by atoms with Gasteiger partial charge in [0.1, 0.15) is 11.6 Å². The Bertz CT molecular complexity index is 867. The summed E-state index contributed by atoms with van der Waals surface area (Å²) in [5.74, 6) is -0.400. The van der Waals surface area contributed by atoms with E-state index in [0.717, 1.165) is 0 Å². The van der Waals surface area contributed by atoms with Crippen LogP contribution in [0.3, 0.4) is 0 Å². The molecule has 2 aromatic rings. The van der Waals surface area contributed by atoms with Gasteiger partial charge in [0, 0.05) is 25.2 Å². The average Bonchev–Trinajstić information content (AvgIpc) is 2.68. The largest absolute Gasteiger partial charge is 0.383 e. The number of amides is 2. The summed E-state index contributed by atoms with van der Waals surface area (Å²) in [5, 5.41) is 5.54. The smallest absolute Gasteiger partial charge is 0.232 e. The molecule has 1 fully saturated rings. The summed E-state index contributed by atoms with van der Waals surface area (Å²) in [6.07, 6.45) is -0.00384. The zero-order chi connectivity index (χ0) is 18.8. The molecule has 9 heteroatoms. The predicted molar refractivity (Wildman–Crippen MR) is 101 cm³/mol. The molecule has 2 aliphatic rings. The second-order valence-electron chi connectivity index (χ2n) is 6.43. The Balaban J connectivity index is 1.64. The highest BCUT2D eigenvalue weighted by Crippen LogP contribution is 2.36. The van der Waals surface area contributed by atoms with Crippen molar-refractivity contribution < 1.29 is 14.3 Å². The van der Waals surface area contributed by atoms with Gasteiger partial charge in [0.2, 0.25) is 17.8 Å². The first-order chi connectivity index (χ1) is 13.1. The van der Waals surface area contributed by atoms with Crippen LogP contribution in [0.5, 0.6) is 0 Å². The van der Waals surface area contributed by atoms with Crippen LogP contribution in [-0.4, -0.2) is 48.1 Å². The number of nitrogens with two attached hydrogens (primary N) is 1. The number of aromatic nitrogens is 2. The number of anilines is 4. The summed E-state index contributed by atoms with van der Waals surface area (Å²) in [4.78, 5) is 35.7. The van der Waals surface area contributed by atoms with Crippen molar-refractivity contribution in [1.82, 2.24) is 9.97 Å². The first-order valence-electron chi connectivity index (χ1n) is 8.77. The molecule has 140 valence electrons. The second kappa shape index (κ2) is 7.20. The summed E-state index contributed by atoms with van der Waals surface area (Å²) in [6.45, 7) is 2.44. The number of ether oxygens (including phenoxy) is 1. The van der Waals surface area contributed by atoms with Crippen LogP contribution in [0.1, 0.15) is 17.9 Å². The fraction of sp³-hybridized carbons (Fsp3) is 0.333. The van der Waals surface area contributed by atoms with E-state index in [2.05, 4.69) is 20.6 Å². The molecular weight excluding hydrogens is 348 g/mol. The van der Waals surface area contributed by atoms with Crippen LogP contribution >= 0.6 is 0 Å². The van der Waals surface area contributed by atoms with Crippen LogP contribution < -0.4 is 21.3 Å². The van der Waals surface area contributed by atoms with Crippen molar-refractivity contribution in [3.63, 3.8) is 0 Å². The number of para-hydroxylation sites is 1. The lowest BCUT2D eigenvalue weighted by molar-refractivity contribution is -0.123. The van der Waals surface area contributed by atoms with E-state index in [1.807, 2.05) is 23.1 Å². The van der Waals surface area contributed by atoms with Gasteiger partial charge in [-0.15, -0.1) is 0 Å². The fourth-order valence-electron chi connectivity index (χ4n) is 3.26. The van der Waals surface area contributed by atoms with Gasteiger partial charge < -0.3 is 26.0 Å². The highest BCUT2D eigenvalue weighted by Gasteiger charge is 2.35. The van der Waals surface area contributed by atoms with Crippen molar-refractivity contribution in [2.75, 3.05) is 47.6 Å². The molecule has 9 nitrogen and oxygen atoms in total. The summed E-state index contributed by atoms with van der Waals surface area (Å²) < 4.78 is 5.34. The van der Waals surface area contributed by atoms with Gasteiger partial charge in [-0.1, -0.05) is 18.2 Å². The second-order valence-corrected chi connectivity index (χ2v) is 6.43. The lowest BCUT2D eigenvalue weighted by Crippen LogP contribution is -2.38. The number of fused-ring (bicyclic) bond motifs is 1. The minimum absolute atomic E-state index is 0.00384. The van der Waals surface area contributed by atoms with Gasteiger partial charge in [0.05, 0.1) is 24.7 Å². The van der Waals surface area contributed by atoms with E-state index < -0.39 is 5.92 Å². The lowest BCUT2D eigenvalue weighted by Gasteiger charge is -2.30. The highest BCUT2D eigenvalue weighted by atomic mass is 16.5. The monoisotopic (exact) mass is 368 g/mol. The lowest BCUT2D eigenvalue weighted by atomic mass is 9.92. The SMILES string of the molecule is Nc1nc(N2CCOCC2)nc2c1[C@H](C(=O)Nc1ccccc1)CC(=O)N2. The van der Waals surface area contributed by atoms with Crippen molar-refractivity contribution >= 4 is 35.1 Å². The van der Waals surface area contributed by atoms with E-state index in [-0.39, 0.29) is 24.1 Å². The third kappa shape index (κ3) is 3.54. The molecule has 1 aromatic heterocycles. The van der Waals surface area contributed by atoms with Crippen LogP contribution in [0, 0.1) is 0 Å². The number of nitrogens with one attached hydrogen (secondary N) is 2. The van der Waals surface area contributed by atoms with Gasteiger partial charge in [0.25, 0.3) is 0 Å². The summed E-state index contributed by atoms with van der Waals surface area (Å²) in [6, 6.07) is 9.07. The molecule has 3 heterocycles. The molecule has 1 aromatic carbocycles. The predicted octanol–water partition coefficient (Wildman–Crippen LogP) is 0.960. The number of morpholine rings is 1. The summed E-state index contributed by atoms with van der Waals surface area (Å²) >= 11 is 0. The van der Waals surface area contributed by atoms with E-state index in [1.54, 1.807) is 12.1 Å². The highest BCUT2D eigenvalue weighted by molar-refractivity contribution is 6.05. The number of nitrogen functional groups attached to an aromatic ring is 1. The first-order valence-corrected chi connectivity index (χ1v) is 8.77. The van der Waals surface area contributed by atoms with Gasteiger partial charge in [-0.2, -0.15) is 9.97 Å². The van der Waals surface area contributed by atoms with Gasteiger partial charge in [-0.25, -0.2) is 0 Å². The van der Waals surface area contributed by atoms with Crippen molar-refractivity contribution in [2.24, 2.45) is 0 Å². The molecule has 0 unspecified atom stereocenters. The van der Waals surface area contributed by atoms with Crippen LogP contribution in [-0.2, 0) is 14.3 Å². The standard InChI is InChI=1S/C18H20N6O3/c19-15-14-12(17(26)20-11-4-2-1-3-5-11)10-13(25)21-16(14)23-18(22-15)24-6-8-27-9-7-24/h1-5,12H,6-10H2,(H,20,26)(H3,19,21,22,23,25)/t12-/m1/s1. The molecule has 0 aliphatic carbocycles. The molecule has 0 radical (unpaired) electrons.